The van der Waals surface area contributed by atoms with Gasteiger partial charge >= 0.3 is 12.2 Å². The molecule has 0 aliphatic heterocycles. The summed E-state index contributed by atoms with van der Waals surface area (Å²) < 4.78 is 41.2. The zero-order valence-corrected chi connectivity index (χ0v) is 13.9. The number of carbonyl (C=O) groups excluding carboxylic acids is 1. The van der Waals surface area contributed by atoms with Crippen molar-refractivity contribution in [3.63, 3.8) is 0 Å². The van der Waals surface area contributed by atoms with Crippen LogP contribution in [0.5, 0.6) is 5.75 Å². The molecule has 2 rings (SSSR count). The quantitative estimate of drug-likeness (QED) is 0.839. The van der Waals surface area contributed by atoms with Gasteiger partial charge < -0.3 is 15.4 Å². The van der Waals surface area contributed by atoms with Gasteiger partial charge in [0.2, 0.25) is 0 Å². The molecule has 0 unspecified atom stereocenters. The lowest BCUT2D eigenvalue weighted by molar-refractivity contribution is -0.153. The van der Waals surface area contributed by atoms with Crippen LogP contribution in [0.3, 0.4) is 0 Å². The summed E-state index contributed by atoms with van der Waals surface area (Å²) in [5.74, 6) is -0.198. The van der Waals surface area contributed by atoms with Crippen molar-refractivity contribution in [2.45, 2.75) is 19.6 Å². The van der Waals surface area contributed by atoms with Gasteiger partial charge in [-0.15, -0.1) is 0 Å². The number of amides is 2. The van der Waals surface area contributed by atoms with Crippen LogP contribution in [0.1, 0.15) is 16.7 Å². The van der Waals surface area contributed by atoms with E-state index in [0.29, 0.717) is 6.54 Å². The first-order valence-corrected chi connectivity index (χ1v) is 7.61. The van der Waals surface area contributed by atoms with Gasteiger partial charge in [-0.3, -0.25) is 0 Å². The number of hydrogen-bond acceptors (Lipinski definition) is 3. The molecule has 0 bridgehead atoms. The van der Waals surface area contributed by atoms with E-state index in [9.17, 15) is 18.0 Å². The Morgan fingerprint density at radius 1 is 1.23 bits per heavy atom. The van der Waals surface area contributed by atoms with Gasteiger partial charge in [0.15, 0.2) is 6.61 Å². The minimum Gasteiger partial charge on any atom is -0.483 e. The topological polar surface area (TPSA) is 74.2 Å². The van der Waals surface area contributed by atoms with Gasteiger partial charge in [-0.25, -0.2) is 4.79 Å². The number of carbonyl (C=O) groups is 1. The smallest absolute Gasteiger partial charge is 0.422 e. The molecular formula is C18H16F3N3O2. The van der Waals surface area contributed by atoms with Crippen LogP contribution in [0.15, 0.2) is 42.5 Å². The van der Waals surface area contributed by atoms with Crippen LogP contribution in [-0.2, 0) is 6.54 Å². The number of benzene rings is 2. The third kappa shape index (κ3) is 5.70. The van der Waals surface area contributed by atoms with Gasteiger partial charge in [0, 0.05) is 12.2 Å². The number of hydrogen-bond donors (Lipinski definition) is 2. The van der Waals surface area contributed by atoms with E-state index in [1.807, 2.05) is 31.2 Å². The van der Waals surface area contributed by atoms with Gasteiger partial charge in [0.1, 0.15) is 11.8 Å². The van der Waals surface area contributed by atoms with Crippen molar-refractivity contribution in [1.82, 2.24) is 5.32 Å². The Kier molecular flexibility index (Phi) is 6.07. The van der Waals surface area contributed by atoms with Crippen molar-refractivity contribution < 1.29 is 22.7 Å². The number of aryl methyl sites for hydroxylation is 1. The van der Waals surface area contributed by atoms with Crippen LogP contribution in [0.25, 0.3) is 0 Å². The standard InChI is InChI=1S/C18H16F3N3O2/c1-12-4-2-3-5-13(12)10-23-17(25)24-15-6-7-16(14(8-15)9-22)26-11-18(19,20)21/h2-8H,10-11H2,1H3,(H2,23,24,25). The molecule has 2 aromatic carbocycles. The highest BCUT2D eigenvalue weighted by molar-refractivity contribution is 5.89. The van der Waals surface area contributed by atoms with Crippen LogP contribution in [0, 0.1) is 18.3 Å². The molecule has 2 N–H and O–H groups in total. The summed E-state index contributed by atoms with van der Waals surface area (Å²) in [5, 5.41) is 14.2. The van der Waals surface area contributed by atoms with Crippen LogP contribution < -0.4 is 15.4 Å². The SMILES string of the molecule is Cc1ccccc1CNC(=O)Nc1ccc(OCC(F)(F)F)c(C#N)c1. The van der Waals surface area contributed by atoms with E-state index in [0.717, 1.165) is 11.1 Å². The first kappa shape index (κ1) is 19.1. The molecule has 0 aliphatic carbocycles. The number of nitrogens with one attached hydrogen (secondary N) is 2. The van der Waals surface area contributed by atoms with Crippen molar-refractivity contribution in [3.05, 3.63) is 59.2 Å². The highest BCUT2D eigenvalue weighted by Gasteiger charge is 2.28. The number of ether oxygens (including phenoxy) is 1. The van der Waals surface area contributed by atoms with Crippen LogP contribution in [0.2, 0.25) is 0 Å². The van der Waals surface area contributed by atoms with Crippen LogP contribution >= 0.6 is 0 Å². The van der Waals surface area contributed by atoms with E-state index in [1.165, 1.54) is 18.2 Å². The maximum absolute atomic E-state index is 12.2. The van der Waals surface area contributed by atoms with E-state index < -0.39 is 18.8 Å². The third-order valence-electron chi connectivity index (χ3n) is 3.45. The second kappa shape index (κ2) is 8.25. The van der Waals surface area contributed by atoms with Crippen molar-refractivity contribution in [2.24, 2.45) is 0 Å². The number of nitrogens with zero attached hydrogens (tertiary/aromatic N) is 1. The first-order chi connectivity index (χ1) is 12.3. The predicted molar refractivity (Wildman–Crippen MR) is 89.7 cm³/mol. The Balaban J connectivity index is 1.97. The van der Waals surface area contributed by atoms with Crippen molar-refractivity contribution >= 4 is 11.7 Å². The number of urea groups is 1. The van der Waals surface area contributed by atoms with E-state index in [2.05, 4.69) is 15.4 Å². The minimum absolute atomic E-state index is 0.106. The summed E-state index contributed by atoms with van der Waals surface area (Å²) in [5.41, 5.74) is 2.15. The second-order valence-electron chi connectivity index (χ2n) is 5.46. The number of alkyl halides is 3. The fourth-order valence-electron chi connectivity index (χ4n) is 2.14. The number of anilines is 1. The second-order valence-corrected chi connectivity index (χ2v) is 5.46. The zero-order chi connectivity index (χ0) is 19.2. The molecule has 0 fully saturated rings. The van der Waals surface area contributed by atoms with Crippen molar-refractivity contribution in [2.75, 3.05) is 11.9 Å². The molecule has 0 saturated carbocycles. The highest BCUT2D eigenvalue weighted by atomic mass is 19.4. The lowest BCUT2D eigenvalue weighted by Gasteiger charge is -2.12. The molecule has 0 radical (unpaired) electrons. The largest absolute Gasteiger partial charge is 0.483 e. The molecule has 5 nitrogen and oxygen atoms in total. The first-order valence-electron chi connectivity index (χ1n) is 7.61. The molecule has 0 aromatic heterocycles. The Hall–Kier alpha value is -3.21. The average molecular weight is 363 g/mol. The maximum Gasteiger partial charge on any atom is 0.422 e. The normalized spacial score (nSPS) is 10.7. The van der Waals surface area contributed by atoms with Gasteiger partial charge in [0.25, 0.3) is 0 Å². The Bertz CT molecular complexity index is 829. The summed E-state index contributed by atoms with van der Waals surface area (Å²) in [6, 6.07) is 12.6. The van der Waals surface area contributed by atoms with Gasteiger partial charge in [-0.05, 0) is 36.2 Å². The molecule has 0 aliphatic rings. The Morgan fingerprint density at radius 3 is 2.62 bits per heavy atom. The molecule has 26 heavy (non-hydrogen) atoms. The Labute approximate surface area is 148 Å². The summed E-state index contributed by atoms with van der Waals surface area (Å²) in [7, 11) is 0. The molecule has 2 aromatic rings. The van der Waals surface area contributed by atoms with E-state index in [1.54, 1.807) is 6.07 Å². The lowest BCUT2D eigenvalue weighted by atomic mass is 10.1. The fraction of sp³-hybridized carbons (Fsp3) is 0.222. The van der Waals surface area contributed by atoms with Gasteiger partial charge in [0.05, 0.1) is 5.56 Å². The van der Waals surface area contributed by atoms with Gasteiger partial charge in [-0.2, -0.15) is 18.4 Å². The van der Waals surface area contributed by atoms with E-state index in [-0.39, 0.29) is 17.0 Å². The minimum atomic E-state index is -4.50. The summed E-state index contributed by atoms with van der Waals surface area (Å²) in [6.07, 6.45) is -4.50. The predicted octanol–water partition coefficient (Wildman–Crippen LogP) is 4.13. The Morgan fingerprint density at radius 2 is 1.96 bits per heavy atom. The monoisotopic (exact) mass is 363 g/mol. The van der Waals surface area contributed by atoms with Crippen LogP contribution in [0.4, 0.5) is 23.7 Å². The van der Waals surface area contributed by atoms with Crippen LogP contribution in [-0.4, -0.2) is 18.8 Å². The highest BCUT2D eigenvalue weighted by Crippen LogP contribution is 2.24. The zero-order valence-electron chi connectivity index (χ0n) is 13.9. The lowest BCUT2D eigenvalue weighted by Crippen LogP contribution is -2.28. The number of nitriles is 1. The molecular weight excluding hydrogens is 347 g/mol. The summed E-state index contributed by atoms with van der Waals surface area (Å²) >= 11 is 0. The number of halogens is 3. The molecule has 0 saturated heterocycles. The van der Waals surface area contributed by atoms with Crippen molar-refractivity contribution in [1.29, 1.82) is 5.26 Å². The summed E-state index contributed by atoms with van der Waals surface area (Å²) in [4.78, 5) is 12.0. The molecule has 0 atom stereocenters. The van der Waals surface area contributed by atoms with E-state index in [4.69, 9.17) is 5.26 Å². The summed E-state index contributed by atoms with van der Waals surface area (Å²) in [6.45, 7) is 0.746. The molecule has 136 valence electrons. The van der Waals surface area contributed by atoms with Crippen molar-refractivity contribution in [3.8, 4) is 11.8 Å². The number of rotatable bonds is 5. The fourth-order valence-corrected chi connectivity index (χ4v) is 2.14. The average Bonchev–Trinajstić information content (AvgIpc) is 2.59. The third-order valence-corrected chi connectivity index (χ3v) is 3.45. The molecule has 0 heterocycles. The van der Waals surface area contributed by atoms with E-state index >= 15 is 0 Å². The van der Waals surface area contributed by atoms with Gasteiger partial charge in [-0.1, -0.05) is 24.3 Å². The molecule has 2 amide bonds. The molecule has 8 heteroatoms. The molecule has 0 spiro atoms. The maximum atomic E-state index is 12.2.